The van der Waals surface area contributed by atoms with Crippen molar-refractivity contribution in [1.82, 2.24) is 4.90 Å². The summed E-state index contributed by atoms with van der Waals surface area (Å²) in [7, 11) is 0. The van der Waals surface area contributed by atoms with Gasteiger partial charge in [-0.25, -0.2) is 8.78 Å². The minimum absolute atomic E-state index is 0.0576. The number of rotatable bonds is 5. The van der Waals surface area contributed by atoms with Crippen molar-refractivity contribution in [2.75, 3.05) is 6.54 Å². The summed E-state index contributed by atoms with van der Waals surface area (Å²) in [6, 6.07) is 11.9. The van der Waals surface area contributed by atoms with Crippen molar-refractivity contribution in [1.29, 1.82) is 5.26 Å². The van der Waals surface area contributed by atoms with Gasteiger partial charge in [0.25, 0.3) is 5.91 Å². The zero-order chi connectivity index (χ0) is 19.4. The Balaban J connectivity index is 1.69. The van der Waals surface area contributed by atoms with Gasteiger partial charge in [0.2, 0.25) is 6.10 Å². The first kappa shape index (κ1) is 18.5. The van der Waals surface area contributed by atoms with Crippen molar-refractivity contribution < 1.29 is 18.4 Å². The molecule has 0 aromatic heterocycles. The summed E-state index contributed by atoms with van der Waals surface area (Å²) in [5.41, 5.74) is 1.59. The molecule has 7 heteroatoms. The van der Waals surface area contributed by atoms with Crippen LogP contribution >= 0.6 is 0 Å². The third kappa shape index (κ3) is 4.11. The molecule has 0 N–H and O–H groups in total. The van der Waals surface area contributed by atoms with E-state index in [9.17, 15) is 13.6 Å². The molecule has 1 aliphatic rings. The highest BCUT2D eigenvalue weighted by molar-refractivity contribution is 6.04. The molecule has 0 radical (unpaired) electrons. The largest absolute Gasteiger partial charge is 0.382 e. The summed E-state index contributed by atoms with van der Waals surface area (Å²) in [6.45, 7) is 2.19. The first-order valence-corrected chi connectivity index (χ1v) is 8.47. The third-order valence-corrected chi connectivity index (χ3v) is 4.34. The van der Waals surface area contributed by atoms with E-state index in [0.29, 0.717) is 23.4 Å². The third-order valence-electron chi connectivity index (χ3n) is 4.34. The molecule has 0 unspecified atom stereocenters. The molecule has 2 aromatic carbocycles. The number of nitriles is 1. The molecule has 0 spiro atoms. The summed E-state index contributed by atoms with van der Waals surface area (Å²) in [4.78, 5) is 19.4. The zero-order valence-electron chi connectivity index (χ0n) is 14.7. The predicted molar refractivity (Wildman–Crippen MR) is 94.6 cm³/mol. The Bertz CT molecular complexity index is 937. The van der Waals surface area contributed by atoms with Gasteiger partial charge in [-0.1, -0.05) is 23.4 Å². The highest BCUT2D eigenvalue weighted by Gasteiger charge is 2.32. The van der Waals surface area contributed by atoms with Crippen LogP contribution in [0.5, 0.6) is 0 Å². The first-order valence-electron chi connectivity index (χ1n) is 8.47. The molecule has 0 saturated carbocycles. The topological polar surface area (TPSA) is 65.7 Å². The maximum Gasteiger partial charge on any atom is 0.267 e. The Hall–Kier alpha value is -3.27. The number of halogens is 2. The summed E-state index contributed by atoms with van der Waals surface area (Å²) >= 11 is 0. The number of amides is 1. The van der Waals surface area contributed by atoms with Gasteiger partial charge in [0.1, 0.15) is 11.6 Å². The molecule has 1 amide bonds. The van der Waals surface area contributed by atoms with Crippen molar-refractivity contribution in [2.45, 2.75) is 26.0 Å². The predicted octanol–water partition coefficient (Wildman–Crippen LogP) is 3.38. The smallest absolute Gasteiger partial charge is 0.267 e. The van der Waals surface area contributed by atoms with Gasteiger partial charge in [-0.3, -0.25) is 4.79 Å². The minimum atomic E-state index is -0.829. The van der Waals surface area contributed by atoms with Crippen LogP contribution in [0.15, 0.2) is 47.6 Å². The van der Waals surface area contributed by atoms with Gasteiger partial charge in [0.05, 0.1) is 17.3 Å². The van der Waals surface area contributed by atoms with Crippen LogP contribution in [0.2, 0.25) is 0 Å². The Morgan fingerprint density at radius 3 is 2.81 bits per heavy atom. The molecule has 0 fully saturated rings. The van der Waals surface area contributed by atoms with Gasteiger partial charge in [0.15, 0.2) is 0 Å². The van der Waals surface area contributed by atoms with Gasteiger partial charge in [-0.05, 0) is 31.2 Å². The normalized spacial score (nSPS) is 15.6. The van der Waals surface area contributed by atoms with E-state index >= 15 is 0 Å². The Morgan fingerprint density at radius 2 is 2.15 bits per heavy atom. The number of oxime groups is 1. The van der Waals surface area contributed by atoms with Crippen molar-refractivity contribution in [3.63, 3.8) is 0 Å². The molecule has 0 saturated heterocycles. The Kier molecular flexibility index (Phi) is 5.46. The lowest BCUT2D eigenvalue weighted by molar-refractivity contribution is -0.142. The molecule has 0 aliphatic carbocycles. The van der Waals surface area contributed by atoms with Crippen LogP contribution in [0, 0.1) is 23.0 Å². The highest BCUT2D eigenvalue weighted by atomic mass is 19.1. The molecular formula is C20H17F2N3O2. The molecule has 2 aromatic rings. The molecule has 1 atom stereocenters. The number of hydrogen-bond donors (Lipinski definition) is 0. The second-order valence-electron chi connectivity index (χ2n) is 6.12. The fourth-order valence-corrected chi connectivity index (χ4v) is 2.85. The summed E-state index contributed by atoms with van der Waals surface area (Å²) in [5.74, 6) is -1.25. The van der Waals surface area contributed by atoms with Gasteiger partial charge >= 0.3 is 0 Å². The number of hydrogen-bond acceptors (Lipinski definition) is 4. The van der Waals surface area contributed by atoms with E-state index in [1.165, 1.54) is 29.2 Å². The van der Waals surface area contributed by atoms with Crippen LogP contribution in [0.25, 0.3) is 0 Å². The molecule has 27 heavy (non-hydrogen) atoms. The Labute approximate surface area is 155 Å². The number of carbonyl (C=O) groups is 1. The maximum absolute atomic E-state index is 14.1. The van der Waals surface area contributed by atoms with Crippen LogP contribution < -0.4 is 0 Å². The average Bonchev–Trinajstić information content (AvgIpc) is 3.16. The van der Waals surface area contributed by atoms with Gasteiger partial charge in [-0.2, -0.15) is 5.26 Å². The van der Waals surface area contributed by atoms with E-state index < -0.39 is 17.7 Å². The van der Waals surface area contributed by atoms with Crippen LogP contribution in [-0.2, 0) is 16.2 Å². The van der Waals surface area contributed by atoms with E-state index in [1.54, 1.807) is 19.1 Å². The fraction of sp³-hybridized carbons (Fsp3) is 0.250. The van der Waals surface area contributed by atoms with E-state index in [0.717, 1.165) is 6.07 Å². The second kappa shape index (κ2) is 7.96. The highest BCUT2D eigenvalue weighted by Crippen LogP contribution is 2.21. The van der Waals surface area contributed by atoms with Crippen molar-refractivity contribution in [3.8, 4) is 6.07 Å². The quantitative estimate of drug-likeness (QED) is 0.812. The van der Waals surface area contributed by atoms with Crippen molar-refractivity contribution >= 4 is 11.6 Å². The van der Waals surface area contributed by atoms with Gasteiger partial charge in [0, 0.05) is 30.6 Å². The van der Waals surface area contributed by atoms with E-state index in [-0.39, 0.29) is 24.4 Å². The SMILES string of the molecule is CCN(Cc1ccc(C#N)cc1F)C(=O)[C@H]1CC(c2cccc(F)c2)=NO1. The first-order chi connectivity index (χ1) is 13.0. The van der Waals surface area contributed by atoms with Gasteiger partial charge < -0.3 is 9.74 Å². The minimum Gasteiger partial charge on any atom is -0.382 e. The monoisotopic (exact) mass is 369 g/mol. The van der Waals surface area contributed by atoms with Crippen LogP contribution in [0.4, 0.5) is 8.78 Å². The maximum atomic E-state index is 14.1. The molecule has 1 aliphatic heterocycles. The molecular weight excluding hydrogens is 352 g/mol. The lowest BCUT2D eigenvalue weighted by Gasteiger charge is -2.23. The number of carbonyl (C=O) groups excluding carboxylic acids is 1. The van der Waals surface area contributed by atoms with Crippen molar-refractivity contribution in [3.05, 3.63) is 70.8 Å². The average molecular weight is 369 g/mol. The second-order valence-corrected chi connectivity index (χ2v) is 6.12. The number of nitrogens with zero attached hydrogens (tertiary/aromatic N) is 3. The van der Waals surface area contributed by atoms with E-state index in [2.05, 4.69) is 5.16 Å². The number of likely N-dealkylation sites (N-methyl/N-ethyl adjacent to an activating group) is 1. The van der Waals surface area contributed by atoms with Crippen LogP contribution in [0.1, 0.15) is 30.0 Å². The Morgan fingerprint density at radius 1 is 1.33 bits per heavy atom. The molecule has 0 bridgehead atoms. The van der Waals surface area contributed by atoms with Gasteiger partial charge in [-0.15, -0.1) is 0 Å². The zero-order valence-corrected chi connectivity index (χ0v) is 14.7. The lowest BCUT2D eigenvalue weighted by atomic mass is 10.0. The standard InChI is InChI=1S/C20H17F2N3O2/c1-2-25(12-15-7-6-13(11-23)8-17(15)22)20(26)19-10-18(24-27-19)14-4-3-5-16(21)9-14/h3-9,19H,2,10,12H2,1H3/t19-/m1/s1. The van der Waals surface area contributed by atoms with Crippen LogP contribution in [-0.4, -0.2) is 29.2 Å². The number of benzene rings is 2. The van der Waals surface area contributed by atoms with Crippen molar-refractivity contribution in [2.24, 2.45) is 5.16 Å². The molecule has 1 heterocycles. The fourth-order valence-electron chi connectivity index (χ4n) is 2.85. The molecule has 3 rings (SSSR count). The lowest BCUT2D eigenvalue weighted by Crippen LogP contribution is -2.39. The summed E-state index contributed by atoms with van der Waals surface area (Å²) < 4.78 is 27.5. The van der Waals surface area contributed by atoms with E-state index in [1.807, 2.05) is 6.07 Å². The summed E-state index contributed by atoms with van der Waals surface area (Å²) in [6.07, 6.45) is -0.612. The van der Waals surface area contributed by atoms with E-state index in [4.69, 9.17) is 10.1 Å². The summed E-state index contributed by atoms with van der Waals surface area (Å²) in [5, 5.41) is 12.7. The van der Waals surface area contributed by atoms with Crippen LogP contribution in [0.3, 0.4) is 0 Å². The molecule has 138 valence electrons. The molecule has 5 nitrogen and oxygen atoms in total.